The van der Waals surface area contributed by atoms with Gasteiger partial charge < -0.3 is 15.4 Å². The molecule has 2 aliphatic rings. The molecule has 0 aromatic heterocycles. The number of ether oxygens (including phenoxy) is 1. The van der Waals surface area contributed by atoms with E-state index in [0.29, 0.717) is 42.6 Å². The Hall–Kier alpha value is -2.35. The van der Waals surface area contributed by atoms with E-state index in [2.05, 4.69) is 21.5 Å². The van der Waals surface area contributed by atoms with Gasteiger partial charge in [-0.15, -0.1) is 0 Å². The lowest BCUT2D eigenvalue weighted by Gasteiger charge is -2.25. The van der Waals surface area contributed by atoms with Gasteiger partial charge in [-0.1, -0.05) is 38.5 Å². The Morgan fingerprint density at radius 1 is 0.912 bits per heavy atom. The minimum atomic E-state index is -0.397. The largest absolute Gasteiger partial charge is 0.466 e. The van der Waals surface area contributed by atoms with Gasteiger partial charge in [-0.05, 0) is 57.6 Å². The summed E-state index contributed by atoms with van der Waals surface area (Å²) in [7, 11) is 0. The number of esters is 1. The smallest absolute Gasteiger partial charge is 0.305 e. The van der Waals surface area contributed by atoms with E-state index < -0.39 is 5.82 Å². The molecule has 0 unspecified atom stereocenters. The fraction of sp³-hybridized carbons (Fsp3) is 0.692. The molecular weight excluding hydrogens is 435 g/mol. The van der Waals surface area contributed by atoms with Crippen molar-refractivity contribution in [2.45, 2.75) is 102 Å². The molecule has 1 aromatic carbocycles. The Morgan fingerprint density at radius 2 is 1.56 bits per heavy atom. The van der Waals surface area contributed by atoms with Crippen LogP contribution in [0, 0.1) is 5.82 Å². The molecule has 190 valence electrons. The van der Waals surface area contributed by atoms with E-state index in [9.17, 15) is 14.0 Å². The minimum Gasteiger partial charge on any atom is -0.466 e. The zero-order valence-corrected chi connectivity index (χ0v) is 20.5. The summed E-state index contributed by atoms with van der Waals surface area (Å²) >= 11 is 0. The van der Waals surface area contributed by atoms with Crippen LogP contribution in [0.1, 0.15) is 101 Å². The molecule has 7 nitrogen and oxygen atoms in total. The van der Waals surface area contributed by atoms with E-state index in [4.69, 9.17) is 4.74 Å². The second-order valence-electron chi connectivity index (χ2n) is 9.48. The molecule has 0 atom stereocenters. The monoisotopic (exact) mass is 476 g/mol. The fourth-order valence-electron chi connectivity index (χ4n) is 4.85. The molecule has 0 radical (unpaired) electrons. The first-order valence-corrected chi connectivity index (χ1v) is 13.1. The number of benzene rings is 1. The van der Waals surface area contributed by atoms with E-state index in [-0.39, 0.29) is 17.9 Å². The first-order valence-electron chi connectivity index (χ1n) is 13.1. The quantitative estimate of drug-likeness (QED) is 0.176. The SMILES string of the molecule is CCOC(=O)CCCCCNNC(=O)c1cc(F)c(NC2CCCCC2)cc1NC1CCCC1. The van der Waals surface area contributed by atoms with Crippen molar-refractivity contribution >= 4 is 23.3 Å². The molecule has 1 amide bonds. The Bertz CT molecular complexity index is 792. The zero-order valence-electron chi connectivity index (χ0n) is 20.5. The molecule has 0 saturated heterocycles. The number of anilines is 2. The number of hydrazine groups is 1. The number of halogens is 1. The van der Waals surface area contributed by atoms with Crippen molar-refractivity contribution in [1.29, 1.82) is 0 Å². The highest BCUT2D eigenvalue weighted by atomic mass is 19.1. The van der Waals surface area contributed by atoms with E-state index in [0.717, 1.165) is 44.9 Å². The van der Waals surface area contributed by atoms with Gasteiger partial charge >= 0.3 is 5.97 Å². The molecule has 1 aromatic rings. The van der Waals surface area contributed by atoms with Gasteiger partial charge in [-0.3, -0.25) is 15.0 Å². The summed E-state index contributed by atoms with van der Waals surface area (Å²) in [5.41, 5.74) is 7.11. The summed E-state index contributed by atoms with van der Waals surface area (Å²) in [4.78, 5) is 24.2. The predicted molar refractivity (Wildman–Crippen MR) is 133 cm³/mol. The number of unbranched alkanes of at least 4 members (excludes halogenated alkanes) is 2. The highest BCUT2D eigenvalue weighted by Crippen LogP contribution is 2.30. The molecule has 3 rings (SSSR count). The predicted octanol–water partition coefficient (Wildman–Crippen LogP) is 5.28. The highest BCUT2D eigenvalue weighted by molar-refractivity contribution is 6.00. The molecule has 0 heterocycles. The van der Waals surface area contributed by atoms with Gasteiger partial charge in [0.05, 0.1) is 17.9 Å². The van der Waals surface area contributed by atoms with Gasteiger partial charge in [0.2, 0.25) is 0 Å². The summed E-state index contributed by atoms with van der Waals surface area (Å²) in [6.07, 6.45) is 13.0. The number of nitrogens with one attached hydrogen (secondary N) is 4. The van der Waals surface area contributed by atoms with E-state index >= 15 is 0 Å². The summed E-state index contributed by atoms with van der Waals surface area (Å²) in [5, 5.41) is 6.87. The third-order valence-electron chi connectivity index (χ3n) is 6.72. The molecule has 2 fully saturated rings. The van der Waals surface area contributed by atoms with Crippen LogP contribution in [0.2, 0.25) is 0 Å². The third-order valence-corrected chi connectivity index (χ3v) is 6.72. The van der Waals surface area contributed by atoms with Gasteiger partial charge in [-0.2, -0.15) is 0 Å². The highest BCUT2D eigenvalue weighted by Gasteiger charge is 2.22. The molecule has 0 aliphatic heterocycles. The van der Waals surface area contributed by atoms with Gasteiger partial charge in [-0.25, -0.2) is 9.82 Å². The number of carbonyl (C=O) groups excluding carboxylic acids is 2. The number of rotatable bonds is 13. The molecule has 2 aliphatic carbocycles. The second kappa shape index (κ2) is 14.1. The lowest BCUT2D eigenvalue weighted by atomic mass is 9.95. The van der Waals surface area contributed by atoms with Crippen LogP contribution in [0.3, 0.4) is 0 Å². The summed E-state index contributed by atoms with van der Waals surface area (Å²) in [6, 6.07) is 3.71. The van der Waals surface area contributed by atoms with Crippen LogP contribution in [-0.2, 0) is 9.53 Å². The topological polar surface area (TPSA) is 91.5 Å². The lowest BCUT2D eigenvalue weighted by molar-refractivity contribution is -0.143. The molecular formula is C26H41FN4O3. The van der Waals surface area contributed by atoms with Gasteiger partial charge in [0.25, 0.3) is 5.91 Å². The van der Waals surface area contributed by atoms with Crippen LogP contribution in [0.4, 0.5) is 15.8 Å². The number of amides is 1. The molecule has 34 heavy (non-hydrogen) atoms. The number of hydrogen-bond donors (Lipinski definition) is 4. The van der Waals surface area contributed by atoms with Crippen molar-refractivity contribution in [2.24, 2.45) is 0 Å². The van der Waals surface area contributed by atoms with Crippen molar-refractivity contribution < 1.29 is 18.7 Å². The van der Waals surface area contributed by atoms with Gasteiger partial charge in [0, 0.05) is 30.7 Å². The van der Waals surface area contributed by atoms with E-state index in [1.807, 2.05) is 0 Å². The lowest BCUT2D eigenvalue weighted by Crippen LogP contribution is -2.38. The Morgan fingerprint density at radius 3 is 2.24 bits per heavy atom. The maximum atomic E-state index is 15.0. The van der Waals surface area contributed by atoms with Crippen LogP contribution < -0.4 is 21.5 Å². The first-order chi connectivity index (χ1) is 16.6. The van der Waals surface area contributed by atoms with Gasteiger partial charge in [0.15, 0.2) is 0 Å². The average molecular weight is 477 g/mol. The first kappa shape index (κ1) is 26.3. The maximum Gasteiger partial charge on any atom is 0.305 e. The van der Waals surface area contributed by atoms with Crippen molar-refractivity contribution in [2.75, 3.05) is 23.8 Å². The zero-order chi connectivity index (χ0) is 24.2. The molecule has 0 bridgehead atoms. The third kappa shape index (κ3) is 8.46. The normalized spacial score (nSPS) is 16.9. The van der Waals surface area contributed by atoms with Gasteiger partial charge in [0.1, 0.15) is 5.82 Å². The van der Waals surface area contributed by atoms with Crippen molar-refractivity contribution in [3.8, 4) is 0 Å². The van der Waals surface area contributed by atoms with Crippen LogP contribution in [0.15, 0.2) is 12.1 Å². The minimum absolute atomic E-state index is 0.172. The van der Waals surface area contributed by atoms with Crippen molar-refractivity contribution in [3.63, 3.8) is 0 Å². The summed E-state index contributed by atoms with van der Waals surface area (Å²) < 4.78 is 19.9. The number of carbonyl (C=O) groups is 2. The molecule has 4 N–H and O–H groups in total. The van der Waals surface area contributed by atoms with Crippen LogP contribution in [0.25, 0.3) is 0 Å². The molecule has 8 heteroatoms. The van der Waals surface area contributed by atoms with E-state index in [1.54, 1.807) is 13.0 Å². The Labute approximate surface area is 202 Å². The fourth-order valence-corrected chi connectivity index (χ4v) is 4.85. The van der Waals surface area contributed by atoms with Crippen LogP contribution in [-0.4, -0.2) is 37.1 Å². The van der Waals surface area contributed by atoms with Crippen LogP contribution >= 0.6 is 0 Å². The van der Waals surface area contributed by atoms with E-state index in [1.165, 1.54) is 38.2 Å². The molecule has 0 spiro atoms. The average Bonchev–Trinajstić information content (AvgIpc) is 3.34. The van der Waals surface area contributed by atoms with Crippen molar-refractivity contribution in [1.82, 2.24) is 10.9 Å². The number of hydrogen-bond acceptors (Lipinski definition) is 6. The van der Waals surface area contributed by atoms with Crippen LogP contribution in [0.5, 0.6) is 0 Å². The maximum absolute atomic E-state index is 15.0. The second-order valence-corrected chi connectivity index (χ2v) is 9.48. The molecule has 2 saturated carbocycles. The Kier molecular flexibility index (Phi) is 10.9. The Balaban J connectivity index is 1.54. The standard InChI is InChI=1S/C26H41FN4O3/c1-2-34-25(32)15-7-4-10-16-28-31-26(33)21-17-22(27)24(30-20-11-5-3-6-12-20)18-23(21)29-19-13-8-9-14-19/h17-20,28-30H,2-16H2,1H3,(H,31,33). The summed E-state index contributed by atoms with van der Waals surface area (Å²) in [6.45, 7) is 2.78. The van der Waals surface area contributed by atoms with Crippen molar-refractivity contribution in [3.05, 3.63) is 23.5 Å². The summed E-state index contributed by atoms with van der Waals surface area (Å²) in [5.74, 6) is -0.920.